The Hall–Kier alpha value is -0.670. The van der Waals surface area contributed by atoms with Crippen molar-refractivity contribution in [3.05, 3.63) is 29.3 Å². The van der Waals surface area contributed by atoms with Crippen LogP contribution in [0.3, 0.4) is 0 Å². The van der Waals surface area contributed by atoms with Crippen molar-refractivity contribution < 1.29 is 4.21 Å². The molecule has 1 aliphatic rings. The summed E-state index contributed by atoms with van der Waals surface area (Å²) in [6.45, 7) is 4.15. The van der Waals surface area contributed by atoms with E-state index in [9.17, 15) is 4.21 Å². The zero-order valence-electron chi connectivity index (χ0n) is 12.9. The maximum atomic E-state index is 12.7. The highest BCUT2D eigenvalue weighted by atomic mass is 32.2. The predicted molar refractivity (Wildman–Crippen MR) is 86.6 cm³/mol. The Morgan fingerprint density at radius 1 is 1.25 bits per heavy atom. The summed E-state index contributed by atoms with van der Waals surface area (Å²) in [5.74, 6) is 1.44. The van der Waals surface area contributed by atoms with Crippen molar-refractivity contribution in [3.63, 3.8) is 0 Å². The lowest BCUT2D eigenvalue weighted by Crippen LogP contribution is -2.39. The molecule has 20 heavy (non-hydrogen) atoms. The van der Waals surface area contributed by atoms with E-state index in [1.54, 1.807) is 0 Å². The number of hydrogen-bond acceptors (Lipinski definition) is 2. The van der Waals surface area contributed by atoms with Crippen molar-refractivity contribution in [2.75, 3.05) is 12.8 Å². The van der Waals surface area contributed by atoms with Gasteiger partial charge in [0.2, 0.25) is 0 Å². The lowest BCUT2D eigenvalue weighted by Gasteiger charge is -2.29. The number of benzene rings is 1. The van der Waals surface area contributed by atoms with E-state index in [2.05, 4.69) is 31.3 Å². The fourth-order valence-corrected chi connectivity index (χ4v) is 4.88. The third-order valence-electron chi connectivity index (χ3n) is 4.50. The smallest absolute Gasteiger partial charge is 0.0548 e. The Balaban J connectivity index is 2.04. The third kappa shape index (κ3) is 3.92. The van der Waals surface area contributed by atoms with Crippen LogP contribution in [0.4, 0.5) is 0 Å². The first kappa shape index (κ1) is 15.7. The highest BCUT2D eigenvalue weighted by Crippen LogP contribution is 2.27. The average Bonchev–Trinajstić information content (AvgIpc) is 2.45. The molecule has 0 heterocycles. The minimum absolute atomic E-state index is 0.386. The molecule has 1 saturated carbocycles. The summed E-state index contributed by atoms with van der Waals surface area (Å²) in [6, 6.07) is 6.61. The van der Waals surface area contributed by atoms with Gasteiger partial charge >= 0.3 is 0 Å². The van der Waals surface area contributed by atoms with E-state index in [1.165, 1.54) is 37.7 Å². The highest BCUT2D eigenvalue weighted by Gasteiger charge is 2.24. The fourth-order valence-electron chi connectivity index (χ4n) is 3.30. The topological polar surface area (TPSA) is 29.1 Å². The molecule has 1 aliphatic carbocycles. The van der Waals surface area contributed by atoms with Crippen LogP contribution in [0.1, 0.15) is 43.2 Å². The molecule has 2 nitrogen and oxygen atoms in total. The average molecular weight is 293 g/mol. The van der Waals surface area contributed by atoms with Crippen LogP contribution in [-0.4, -0.2) is 23.1 Å². The number of nitrogens with one attached hydrogen (secondary N) is 1. The Kier molecular flexibility index (Phi) is 5.79. The standard InChI is InChI=1S/C17H27NOS/c1-13-9-10-17(14(2)11-13)20(19)12-16(18-3)15-7-5-4-6-8-15/h9-11,15-16,18H,4-8,12H2,1-3H3. The lowest BCUT2D eigenvalue weighted by atomic mass is 9.84. The van der Waals surface area contributed by atoms with Gasteiger partial charge in [-0.05, 0) is 51.3 Å². The molecule has 1 aromatic rings. The second kappa shape index (κ2) is 7.37. The van der Waals surface area contributed by atoms with Crippen molar-refractivity contribution in [2.24, 2.45) is 5.92 Å². The van der Waals surface area contributed by atoms with E-state index in [4.69, 9.17) is 0 Å². The molecule has 2 atom stereocenters. The van der Waals surface area contributed by atoms with E-state index in [-0.39, 0.29) is 0 Å². The van der Waals surface area contributed by atoms with Gasteiger partial charge in [-0.1, -0.05) is 37.0 Å². The minimum Gasteiger partial charge on any atom is -0.316 e. The van der Waals surface area contributed by atoms with E-state index in [0.29, 0.717) is 12.0 Å². The zero-order valence-corrected chi connectivity index (χ0v) is 13.8. The van der Waals surface area contributed by atoms with Crippen molar-refractivity contribution >= 4 is 10.8 Å². The van der Waals surface area contributed by atoms with Crippen molar-refractivity contribution in [1.29, 1.82) is 0 Å². The quantitative estimate of drug-likeness (QED) is 0.899. The zero-order chi connectivity index (χ0) is 14.5. The lowest BCUT2D eigenvalue weighted by molar-refractivity contribution is 0.294. The summed E-state index contributed by atoms with van der Waals surface area (Å²) in [7, 11) is 1.11. The molecule has 112 valence electrons. The van der Waals surface area contributed by atoms with Crippen LogP contribution in [0.15, 0.2) is 23.1 Å². The van der Waals surface area contributed by atoms with Crippen LogP contribution in [0, 0.1) is 19.8 Å². The summed E-state index contributed by atoms with van der Waals surface area (Å²) in [5, 5.41) is 3.41. The van der Waals surface area contributed by atoms with Gasteiger partial charge in [0.25, 0.3) is 0 Å². The predicted octanol–water partition coefficient (Wildman–Crippen LogP) is 3.58. The van der Waals surface area contributed by atoms with Crippen molar-refractivity contribution in [3.8, 4) is 0 Å². The van der Waals surface area contributed by atoms with Crippen LogP contribution in [0.5, 0.6) is 0 Å². The first-order chi connectivity index (χ1) is 9.61. The minimum atomic E-state index is -0.897. The van der Waals surface area contributed by atoms with Gasteiger partial charge in [0, 0.05) is 16.7 Å². The summed E-state index contributed by atoms with van der Waals surface area (Å²) >= 11 is 0. The van der Waals surface area contributed by atoms with Gasteiger partial charge in [-0.2, -0.15) is 0 Å². The van der Waals surface area contributed by atoms with Gasteiger partial charge < -0.3 is 5.32 Å². The van der Waals surface area contributed by atoms with Crippen LogP contribution < -0.4 is 5.32 Å². The first-order valence-corrected chi connectivity index (χ1v) is 9.06. The second-order valence-electron chi connectivity index (χ2n) is 6.07. The Morgan fingerprint density at radius 3 is 2.55 bits per heavy atom. The van der Waals surface area contributed by atoms with E-state index in [0.717, 1.165) is 16.2 Å². The van der Waals surface area contributed by atoms with Crippen LogP contribution in [0.2, 0.25) is 0 Å². The molecule has 0 radical (unpaired) electrons. The molecule has 1 fully saturated rings. The Bertz CT molecular complexity index is 466. The molecule has 3 heteroatoms. The molecule has 0 amide bonds. The van der Waals surface area contributed by atoms with E-state index in [1.807, 2.05) is 13.1 Å². The molecule has 0 bridgehead atoms. The van der Waals surface area contributed by atoms with Crippen LogP contribution in [0.25, 0.3) is 0 Å². The van der Waals surface area contributed by atoms with E-state index >= 15 is 0 Å². The van der Waals surface area contributed by atoms with Crippen LogP contribution in [-0.2, 0) is 10.8 Å². The van der Waals surface area contributed by atoms with Crippen molar-refractivity contribution in [2.45, 2.75) is 56.9 Å². The van der Waals surface area contributed by atoms with Gasteiger partial charge in [-0.25, -0.2) is 0 Å². The second-order valence-corrected chi connectivity index (χ2v) is 7.54. The third-order valence-corrected chi connectivity index (χ3v) is 6.11. The normalized spacial score (nSPS) is 19.8. The Labute approximate surface area is 125 Å². The van der Waals surface area contributed by atoms with Gasteiger partial charge in [-0.15, -0.1) is 0 Å². The number of rotatable bonds is 5. The highest BCUT2D eigenvalue weighted by molar-refractivity contribution is 7.85. The summed E-state index contributed by atoms with van der Waals surface area (Å²) < 4.78 is 12.7. The molecule has 1 N–H and O–H groups in total. The van der Waals surface area contributed by atoms with Crippen LogP contribution >= 0.6 is 0 Å². The molecular formula is C17H27NOS. The molecule has 0 spiro atoms. The monoisotopic (exact) mass is 293 g/mol. The van der Waals surface area contributed by atoms with Gasteiger partial charge in [0.15, 0.2) is 0 Å². The number of hydrogen-bond donors (Lipinski definition) is 1. The Morgan fingerprint density at radius 2 is 1.95 bits per heavy atom. The molecular weight excluding hydrogens is 266 g/mol. The first-order valence-electron chi connectivity index (χ1n) is 7.74. The maximum absolute atomic E-state index is 12.7. The maximum Gasteiger partial charge on any atom is 0.0548 e. The molecule has 0 aromatic heterocycles. The largest absolute Gasteiger partial charge is 0.316 e. The SMILES string of the molecule is CNC(CS(=O)c1ccc(C)cc1C)C1CCCCC1. The van der Waals surface area contributed by atoms with Gasteiger partial charge in [-0.3, -0.25) is 4.21 Å². The number of aryl methyl sites for hydroxylation is 2. The molecule has 1 aromatic carbocycles. The van der Waals surface area contributed by atoms with Gasteiger partial charge in [0.1, 0.15) is 0 Å². The molecule has 2 rings (SSSR count). The van der Waals surface area contributed by atoms with Crippen molar-refractivity contribution in [1.82, 2.24) is 5.32 Å². The molecule has 0 saturated heterocycles. The van der Waals surface area contributed by atoms with Gasteiger partial charge in [0.05, 0.1) is 10.8 Å². The molecule has 2 unspecified atom stereocenters. The summed E-state index contributed by atoms with van der Waals surface area (Å²) in [4.78, 5) is 1.01. The van der Waals surface area contributed by atoms with E-state index < -0.39 is 10.8 Å². The molecule has 0 aliphatic heterocycles. The summed E-state index contributed by atoms with van der Waals surface area (Å²) in [5.41, 5.74) is 2.39. The summed E-state index contributed by atoms with van der Waals surface area (Å²) in [6.07, 6.45) is 6.61. The fraction of sp³-hybridized carbons (Fsp3) is 0.647.